The topological polar surface area (TPSA) is 51.1 Å². The zero-order valence-electron chi connectivity index (χ0n) is 18.4. The third-order valence-corrected chi connectivity index (χ3v) is 5.43. The highest BCUT2D eigenvalue weighted by molar-refractivity contribution is 14.0. The first kappa shape index (κ1) is 25.5. The van der Waals surface area contributed by atoms with Crippen molar-refractivity contribution in [3.05, 3.63) is 71.0 Å². The van der Waals surface area contributed by atoms with Gasteiger partial charge in [-0.15, -0.1) is 24.0 Å². The average molecular weight is 540 g/mol. The second-order valence-corrected chi connectivity index (χ2v) is 7.98. The molecule has 0 unspecified atom stereocenters. The lowest BCUT2D eigenvalue weighted by atomic mass is 10.1. The van der Waals surface area contributed by atoms with E-state index in [0.29, 0.717) is 13.1 Å². The predicted octanol–water partition coefficient (Wildman–Crippen LogP) is 4.00. The summed E-state index contributed by atoms with van der Waals surface area (Å²) in [6.45, 7) is 6.95. The number of piperidine rings is 1. The van der Waals surface area contributed by atoms with Crippen molar-refractivity contribution in [3.8, 4) is 0 Å². The normalized spacial score (nSPS) is 15.4. The molecule has 0 bridgehead atoms. The van der Waals surface area contributed by atoms with Gasteiger partial charge in [0.25, 0.3) is 0 Å². The molecule has 0 amide bonds. The summed E-state index contributed by atoms with van der Waals surface area (Å²) < 4.78 is 13.1. The molecular formula is C24H34FIN4O. The van der Waals surface area contributed by atoms with Crippen LogP contribution < -0.4 is 5.32 Å². The van der Waals surface area contributed by atoms with Crippen LogP contribution >= 0.6 is 24.0 Å². The fraction of sp³-hybridized carbons (Fsp3) is 0.458. The average Bonchev–Trinajstić information content (AvgIpc) is 2.75. The molecule has 0 aromatic heterocycles. The van der Waals surface area contributed by atoms with Crippen molar-refractivity contribution in [2.24, 2.45) is 4.99 Å². The Bertz CT molecular complexity index is 805. The molecule has 1 fully saturated rings. The Balaban J connectivity index is 0.00000341. The van der Waals surface area contributed by atoms with Crippen LogP contribution in [0.4, 0.5) is 4.39 Å². The monoisotopic (exact) mass is 540 g/mol. The van der Waals surface area contributed by atoms with E-state index < -0.39 is 0 Å². The van der Waals surface area contributed by atoms with E-state index in [1.54, 1.807) is 12.1 Å². The molecule has 7 heteroatoms. The summed E-state index contributed by atoms with van der Waals surface area (Å²) in [7, 11) is 1.99. The zero-order valence-corrected chi connectivity index (χ0v) is 20.8. The lowest BCUT2D eigenvalue weighted by molar-refractivity contribution is 0.0792. The molecule has 170 valence electrons. The van der Waals surface area contributed by atoms with Gasteiger partial charge in [0.15, 0.2) is 5.96 Å². The van der Waals surface area contributed by atoms with Gasteiger partial charge in [-0.25, -0.2) is 9.38 Å². The lowest BCUT2D eigenvalue weighted by Gasteiger charge is -2.29. The van der Waals surface area contributed by atoms with Crippen LogP contribution in [0.15, 0.2) is 53.5 Å². The Morgan fingerprint density at radius 2 is 1.65 bits per heavy atom. The van der Waals surface area contributed by atoms with E-state index in [1.807, 2.05) is 7.05 Å². The maximum atomic E-state index is 13.1. The van der Waals surface area contributed by atoms with E-state index >= 15 is 0 Å². The zero-order chi connectivity index (χ0) is 21.3. The molecule has 1 aliphatic heterocycles. The molecule has 2 aromatic carbocycles. The molecule has 0 aliphatic carbocycles. The van der Waals surface area contributed by atoms with Crippen molar-refractivity contribution >= 4 is 29.9 Å². The fourth-order valence-corrected chi connectivity index (χ4v) is 3.66. The number of guanidine groups is 1. The number of benzene rings is 2. The molecule has 0 radical (unpaired) electrons. The first-order valence-corrected chi connectivity index (χ1v) is 10.8. The van der Waals surface area contributed by atoms with Crippen molar-refractivity contribution in [3.63, 3.8) is 0 Å². The van der Waals surface area contributed by atoms with Crippen LogP contribution in [0.3, 0.4) is 0 Å². The number of halogens is 2. The van der Waals surface area contributed by atoms with Gasteiger partial charge in [0.05, 0.1) is 12.6 Å². The van der Waals surface area contributed by atoms with Gasteiger partial charge in [-0.05, 0) is 48.6 Å². The third-order valence-electron chi connectivity index (χ3n) is 5.43. The van der Waals surface area contributed by atoms with Crippen LogP contribution in [0.5, 0.6) is 0 Å². The quantitative estimate of drug-likeness (QED) is 0.317. The number of hydrogen-bond donors (Lipinski definition) is 2. The first-order valence-electron chi connectivity index (χ1n) is 10.8. The Labute approximate surface area is 202 Å². The summed E-state index contributed by atoms with van der Waals surface area (Å²) >= 11 is 0. The predicted molar refractivity (Wildman–Crippen MR) is 135 cm³/mol. The van der Waals surface area contributed by atoms with Gasteiger partial charge in [-0.2, -0.15) is 0 Å². The van der Waals surface area contributed by atoms with Gasteiger partial charge in [-0.3, -0.25) is 4.90 Å². The minimum atomic E-state index is -0.219. The Kier molecular flexibility index (Phi) is 10.7. The third kappa shape index (κ3) is 8.38. The lowest BCUT2D eigenvalue weighted by Crippen LogP contribution is -2.38. The van der Waals surface area contributed by atoms with Crippen LogP contribution in [0.25, 0.3) is 0 Å². The van der Waals surface area contributed by atoms with Gasteiger partial charge in [0.1, 0.15) is 5.82 Å². The van der Waals surface area contributed by atoms with Crippen LogP contribution in [-0.4, -0.2) is 53.7 Å². The van der Waals surface area contributed by atoms with Crippen LogP contribution in [0.2, 0.25) is 0 Å². The molecule has 0 spiro atoms. The number of nitrogens with zero attached hydrogens (tertiary/aromatic N) is 3. The number of aliphatic imine (C=N–C) groups is 1. The highest BCUT2D eigenvalue weighted by Crippen LogP contribution is 2.15. The van der Waals surface area contributed by atoms with E-state index in [0.717, 1.165) is 50.5 Å². The molecule has 5 nitrogen and oxygen atoms in total. The van der Waals surface area contributed by atoms with Crippen molar-refractivity contribution < 1.29 is 9.50 Å². The molecule has 2 N–H and O–H groups in total. The largest absolute Gasteiger partial charge is 0.393 e. The highest BCUT2D eigenvalue weighted by atomic mass is 127. The SMILES string of the molecule is CCNC(=NCc1ccc(CN2CCC(O)CC2)cc1)N(C)Cc1ccc(F)cc1.I. The molecule has 2 aromatic rings. The molecular weight excluding hydrogens is 506 g/mol. The van der Waals surface area contributed by atoms with Crippen molar-refractivity contribution in [1.29, 1.82) is 0 Å². The number of hydrogen-bond acceptors (Lipinski definition) is 3. The molecule has 1 saturated heterocycles. The number of aliphatic hydroxyl groups excluding tert-OH is 1. The summed E-state index contributed by atoms with van der Waals surface area (Å²) in [4.78, 5) is 9.22. The molecule has 3 rings (SSSR count). The second-order valence-electron chi connectivity index (χ2n) is 7.98. The van der Waals surface area contributed by atoms with E-state index in [9.17, 15) is 9.50 Å². The van der Waals surface area contributed by atoms with Gasteiger partial charge in [0, 0.05) is 39.8 Å². The van der Waals surface area contributed by atoms with Crippen molar-refractivity contribution in [2.75, 3.05) is 26.7 Å². The van der Waals surface area contributed by atoms with Crippen molar-refractivity contribution in [1.82, 2.24) is 15.1 Å². The summed E-state index contributed by atoms with van der Waals surface area (Å²) in [5.41, 5.74) is 3.50. The summed E-state index contributed by atoms with van der Waals surface area (Å²) in [5.74, 6) is 0.612. The Morgan fingerprint density at radius 3 is 2.26 bits per heavy atom. The fourth-order valence-electron chi connectivity index (χ4n) is 3.66. The van der Waals surface area contributed by atoms with Crippen LogP contribution in [0.1, 0.15) is 36.5 Å². The summed E-state index contributed by atoms with van der Waals surface area (Å²) in [6.07, 6.45) is 1.60. The number of rotatable bonds is 7. The molecule has 1 heterocycles. The minimum Gasteiger partial charge on any atom is -0.393 e. The standard InChI is InChI=1S/C24H33FN4O.HI/c1-3-26-24(28(2)17-20-8-10-22(25)11-9-20)27-16-19-4-6-21(7-5-19)18-29-14-12-23(30)13-15-29;/h4-11,23,30H,3,12-18H2,1-2H3,(H,26,27);1H. The minimum absolute atomic E-state index is 0. The van der Waals surface area contributed by atoms with E-state index in [-0.39, 0.29) is 35.9 Å². The van der Waals surface area contributed by atoms with E-state index in [1.165, 1.54) is 23.3 Å². The van der Waals surface area contributed by atoms with E-state index in [4.69, 9.17) is 4.99 Å². The first-order chi connectivity index (χ1) is 14.5. The van der Waals surface area contributed by atoms with Crippen molar-refractivity contribution in [2.45, 2.75) is 45.5 Å². The van der Waals surface area contributed by atoms with E-state index in [2.05, 4.69) is 46.3 Å². The molecule has 0 atom stereocenters. The van der Waals surface area contributed by atoms with Gasteiger partial charge >= 0.3 is 0 Å². The van der Waals surface area contributed by atoms with Gasteiger partial charge in [-0.1, -0.05) is 36.4 Å². The van der Waals surface area contributed by atoms with Crippen LogP contribution in [-0.2, 0) is 19.6 Å². The smallest absolute Gasteiger partial charge is 0.194 e. The van der Waals surface area contributed by atoms with Gasteiger partial charge < -0.3 is 15.3 Å². The molecule has 0 saturated carbocycles. The Hall–Kier alpha value is -1.71. The number of nitrogens with one attached hydrogen (secondary N) is 1. The number of aliphatic hydroxyl groups is 1. The van der Waals surface area contributed by atoms with Crippen LogP contribution in [0, 0.1) is 5.82 Å². The van der Waals surface area contributed by atoms with Gasteiger partial charge in [0.2, 0.25) is 0 Å². The molecule has 1 aliphatic rings. The summed E-state index contributed by atoms with van der Waals surface area (Å²) in [6, 6.07) is 15.2. The molecule has 31 heavy (non-hydrogen) atoms. The maximum Gasteiger partial charge on any atom is 0.194 e. The maximum absolute atomic E-state index is 13.1. The summed E-state index contributed by atoms with van der Waals surface area (Å²) in [5, 5.41) is 13.0. The highest BCUT2D eigenvalue weighted by Gasteiger charge is 2.16. The number of likely N-dealkylation sites (tertiary alicyclic amines) is 1. The second kappa shape index (κ2) is 13.0. The Morgan fingerprint density at radius 1 is 1.06 bits per heavy atom.